The van der Waals surface area contributed by atoms with E-state index in [0.29, 0.717) is 30.9 Å². The molecule has 0 bridgehead atoms. The van der Waals surface area contributed by atoms with Crippen LogP contribution in [0.4, 0.5) is 22.0 Å². The van der Waals surface area contributed by atoms with Crippen LogP contribution in [-0.2, 0) is 15.6 Å². The Bertz CT molecular complexity index is 1310. The Balaban J connectivity index is 1.58. The van der Waals surface area contributed by atoms with Crippen LogP contribution in [0, 0.1) is 0 Å². The molecule has 0 saturated heterocycles. The summed E-state index contributed by atoms with van der Waals surface area (Å²) in [6, 6.07) is 4.77. The first kappa shape index (κ1) is 20.8. The van der Waals surface area contributed by atoms with Gasteiger partial charge in [0.05, 0.1) is 0 Å². The molecular formula is C20H23FN8O2S. The minimum atomic E-state index is -3.83. The van der Waals surface area contributed by atoms with Crippen LogP contribution in [0.1, 0.15) is 39.0 Å². The predicted molar refractivity (Wildman–Crippen MR) is 119 cm³/mol. The molecule has 10 nitrogen and oxygen atoms in total. The highest BCUT2D eigenvalue weighted by Gasteiger charge is 2.46. The number of sulfonamides is 1. The lowest BCUT2D eigenvalue weighted by Gasteiger charge is -2.42. The van der Waals surface area contributed by atoms with E-state index in [-0.39, 0.29) is 16.8 Å². The topological polar surface area (TPSA) is 131 Å². The van der Waals surface area contributed by atoms with Crippen LogP contribution in [0.2, 0.25) is 0 Å². The Morgan fingerprint density at radius 2 is 1.97 bits per heavy atom. The fourth-order valence-electron chi connectivity index (χ4n) is 4.53. The van der Waals surface area contributed by atoms with Crippen molar-refractivity contribution in [2.24, 2.45) is 10.2 Å². The molecule has 32 heavy (non-hydrogen) atoms. The third-order valence-corrected chi connectivity index (χ3v) is 6.99. The predicted octanol–water partition coefficient (Wildman–Crippen LogP) is 3.00. The van der Waals surface area contributed by atoms with Gasteiger partial charge in [-0.05, 0) is 38.0 Å². The van der Waals surface area contributed by atoms with Crippen molar-refractivity contribution in [3.8, 4) is 0 Å². The number of nitrogens with zero attached hydrogens (tertiary/aromatic N) is 6. The van der Waals surface area contributed by atoms with E-state index in [1.165, 1.54) is 12.1 Å². The van der Waals surface area contributed by atoms with Crippen molar-refractivity contribution in [1.82, 2.24) is 19.5 Å². The molecule has 3 aromatic rings. The second-order valence-corrected chi connectivity index (χ2v) is 9.62. The molecule has 1 aliphatic heterocycles. The summed E-state index contributed by atoms with van der Waals surface area (Å²) in [7, 11) is -3.83. The number of rotatable bonds is 4. The molecule has 1 aliphatic carbocycles. The average molecular weight is 459 g/mol. The van der Waals surface area contributed by atoms with E-state index in [2.05, 4.69) is 25.4 Å². The van der Waals surface area contributed by atoms with Crippen molar-refractivity contribution in [2.75, 3.05) is 16.9 Å². The van der Waals surface area contributed by atoms with Gasteiger partial charge in [0, 0.05) is 24.3 Å². The van der Waals surface area contributed by atoms with Crippen molar-refractivity contribution in [1.29, 1.82) is 0 Å². The normalized spacial score (nSPS) is 18.0. The zero-order valence-electron chi connectivity index (χ0n) is 17.5. The van der Waals surface area contributed by atoms with Crippen LogP contribution in [0.25, 0.3) is 11.0 Å². The van der Waals surface area contributed by atoms with Crippen molar-refractivity contribution in [3.63, 3.8) is 0 Å². The molecule has 1 spiro atoms. The molecule has 0 aromatic carbocycles. The first-order valence-corrected chi connectivity index (χ1v) is 12.0. The fourth-order valence-corrected chi connectivity index (χ4v) is 4.98. The van der Waals surface area contributed by atoms with E-state index in [0.717, 1.165) is 36.7 Å². The van der Waals surface area contributed by atoms with Crippen LogP contribution in [-0.4, -0.2) is 40.4 Å². The zero-order valence-corrected chi connectivity index (χ0v) is 18.3. The average Bonchev–Trinajstić information content (AvgIpc) is 3.16. The number of nitrogens with two attached hydrogens (primary N) is 1. The van der Waals surface area contributed by atoms with Crippen molar-refractivity contribution in [3.05, 3.63) is 30.6 Å². The van der Waals surface area contributed by atoms with Gasteiger partial charge in [0.25, 0.3) is 0 Å². The van der Waals surface area contributed by atoms with Gasteiger partial charge < -0.3 is 5.32 Å². The standard InChI is InChI=1S/C20H23FN8O2S/c1-2-28-16-10-13-11-24-19(25-15-7-6-14(12-23-15)32(22,30)31)26-17(13)29(16)20(18(21)27-28)8-4-3-5-9-20/h6-7,10-12H,2-5,8-9H2,1H3,(H2,22,30,31)(H,23,24,25,26). The molecule has 3 N–H and O–H groups in total. The smallest absolute Gasteiger partial charge is 0.239 e. The van der Waals surface area contributed by atoms with Gasteiger partial charge in [0.2, 0.25) is 21.9 Å². The number of hydrazone groups is 1. The summed E-state index contributed by atoms with van der Waals surface area (Å²) < 4.78 is 40.2. The van der Waals surface area contributed by atoms with Gasteiger partial charge in [-0.3, -0.25) is 4.57 Å². The van der Waals surface area contributed by atoms with E-state index in [1.807, 2.05) is 17.6 Å². The summed E-state index contributed by atoms with van der Waals surface area (Å²) in [4.78, 5) is 13.0. The highest BCUT2D eigenvalue weighted by Crippen LogP contribution is 2.45. The van der Waals surface area contributed by atoms with Gasteiger partial charge in [0.15, 0.2) is 0 Å². The lowest BCUT2D eigenvalue weighted by molar-refractivity contribution is 0.262. The molecule has 5 rings (SSSR count). The lowest BCUT2D eigenvalue weighted by atomic mass is 9.81. The monoisotopic (exact) mass is 458 g/mol. The lowest BCUT2D eigenvalue weighted by Crippen LogP contribution is -2.47. The largest absolute Gasteiger partial charge is 0.309 e. The number of nitrogens with one attached hydrogen (secondary N) is 1. The van der Waals surface area contributed by atoms with E-state index < -0.39 is 15.6 Å². The highest BCUT2D eigenvalue weighted by atomic mass is 32.2. The molecule has 3 aromatic heterocycles. The number of pyridine rings is 1. The Hall–Kier alpha value is -3.12. The second kappa shape index (κ2) is 7.48. The molecule has 0 amide bonds. The second-order valence-electron chi connectivity index (χ2n) is 8.06. The van der Waals surface area contributed by atoms with Crippen molar-refractivity contribution in [2.45, 2.75) is 49.5 Å². The summed E-state index contributed by atoms with van der Waals surface area (Å²) in [6.07, 6.45) is 7.09. The Kier molecular flexibility index (Phi) is 4.86. The molecule has 2 aliphatic rings. The molecule has 168 valence electrons. The number of aromatic nitrogens is 4. The molecule has 1 fully saturated rings. The number of fused-ring (bicyclic) bond motifs is 4. The van der Waals surface area contributed by atoms with Gasteiger partial charge >= 0.3 is 0 Å². The van der Waals surface area contributed by atoms with E-state index in [1.54, 1.807) is 11.2 Å². The van der Waals surface area contributed by atoms with Gasteiger partial charge in [-0.1, -0.05) is 19.3 Å². The van der Waals surface area contributed by atoms with Crippen LogP contribution in [0.5, 0.6) is 0 Å². The molecule has 12 heteroatoms. The van der Waals surface area contributed by atoms with Gasteiger partial charge in [-0.2, -0.15) is 9.37 Å². The summed E-state index contributed by atoms with van der Waals surface area (Å²) in [6.45, 7) is 2.45. The minimum absolute atomic E-state index is 0.0891. The molecular weight excluding hydrogens is 435 g/mol. The maximum absolute atomic E-state index is 15.4. The van der Waals surface area contributed by atoms with Crippen LogP contribution < -0.4 is 15.5 Å². The summed E-state index contributed by atoms with van der Waals surface area (Å²) >= 11 is 0. The minimum Gasteiger partial charge on any atom is -0.309 e. The van der Waals surface area contributed by atoms with E-state index in [9.17, 15) is 8.42 Å². The number of anilines is 3. The Labute approximate surface area is 184 Å². The van der Waals surface area contributed by atoms with Crippen LogP contribution in [0.3, 0.4) is 0 Å². The molecule has 0 atom stereocenters. The zero-order chi connectivity index (χ0) is 22.5. The number of primary sulfonamides is 1. The van der Waals surface area contributed by atoms with Crippen molar-refractivity contribution < 1.29 is 12.8 Å². The van der Waals surface area contributed by atoms with E-state index >= 15 is 4.39 Å². The van der Waals surface area contributed by atoms with Gasteiger partial charge in [-0.15, -0.1) is 5.10 Å². The highest BCUT2D eigenvalue weighted by molar-refractivity contribution is 7.89. The fraction of sp³-hybridized carbons (Fsp3) is 0.400. The Morgan fingerprint density at radius 3 is 2.62 bits per heavy atom. The van der Waals surface area contributed by atoms with Gasteiger partial charge in [0.1, 0.15) is 27.7 Å². The first-order chi connectivity index (χ1) is 15.3. The number of hydrogen-bond acceptors (Lipinski definition) is 8. The molecule has 1 saturated carbocycles. The van der Waals surface area contributed by atoms with Gasteiger partial charge in [-0.25, -0.2) is 28.5 Å². The number of hydrogen-bond donors (Lipinski definition) is 2. The molecule has 0 unspecified atom stereocenters. The maximum Gasteiger partial charge on any atom is 0.239 e. The Morgan fingerprint density at radius 1 is 1.19 bits per heavy atom. The first-order valence-electron chi connectivity index (χ1n) is 10.5. The van der Waals surface area contributed by atoms with Crippen molar-refractivity contribution >= 4 is 44.6 Å². The third-order valence-electron chi connectivity index (χ3n) is 6.09. The molecule has 4 heterocycles. The third kappa shape index (κ3) is 3.30. The molecule has 0 radical (unpaired) electrons. The summed E-state index contributed by atoms with van der Waals surface area (Å²) in [5.41, 5.74) is -0.216. The van der Waals surface area contributed by atoms with E-state index in [4.69, 9.17) is 5.14 Å². The quantitative estimate of drug-likeness (QED) is 0.614. The summed E-state index contributed by atoms with van der Waals surface area (Å²) in [5.74, 6) is 1.05. The summed E-state index contributed by atoms with van der Waals surface area (Å²) in [5, 5.41) is 14.8. The van der Waals surface area contributed by atoms with Crippen LogP contribution >= 0.6 is 0 Å². The number of halogens is 1. The van der Waals surface area contributed by atoms with Crippen LogP contribution in [0.15, 0.2) is 40.6 Å². The maximum atomic E-state index is 15.4. The SMILES string of the molecule is CCN1N=C(F)C2(CCCCC2)n2c1cc1cnc(Nc3ccc(S(N)(=O)=O)cn3)nc12.